The van der Waals surface area contributed by atoms with Crippen LogP contribution in [-0.2, 0) is 22.9 Å². The fraction of sp³-hybridized carbons (Fsp3) is 0.500. The molecular weight excluding hydrogens is 476 g/mol. The van der Waals surface area contributed by atoms with Gasteiger partial charge in [0.05, 0.1) is 10.3 Å². The van der Waals surface area contributed by atoms with Crippen molar-refractivity contribution in [1.29, 1.82) is 0 Å². The van der Waals surface area contributed by atoms with Crippen molar-refractivity contribution in [3.8, 4) is 0 Å². The Morgan fingerprint density at radius 2 is 1.76 bits per heavy atom. The minimum absolute atomic E-state index is 0.288. The summed E-state index contributed by atoms with van der Waals surface area (Å²) in [4.78, 5) is 15.1. The second kappa shape index (κ2) is 9.13. The predicted molar refractivity (Wildman–Crippen MR) is 135 cm³/mol. The molecule has 9 heteroatoms. The molecule has 2 aliphatic rings. The third-order valence-corrected chi connectivity index (χ3v) is 10.2. The smallest absolute Gasteiger partial charge is 0.243 e. The third kappa shape index (κ3) is 4.27. The molecule has 1 atom stereocenters. The lowest BCUT2D eigenvalue weighted by Crippen LogP contribution is -2.49. The number of thiophene rings is 1. The van der Waals surface area contributed by atoms with Gasteiger partial charge in [-0.1, -0.05) is 25.4 Å². The molecule has 5 rings (SSSR count). The van der Waals surface area contributed by atoms with E-state index in [-0.39, 0.29) is 4.90 Å². The van der Waals surface area contributed by atoms with E-state index in [9.17, 15) is 8.42 Å². The van der Waals surface area contributed by atoms with Crippen LogP contribution in [0.25, 0.3) is 10.2 Å². The highest BCUT2D eigenvalue weighted by atomic mass is 35.5. The molecule has 0 radical (unpaired) electrons. The number of hydrogen-bond donors (Lipinski definition) is 0. The molecule has 1 saturated heterocycles. The van der Waals surface area contributed by atoms with Crippen molar-refractivity contribution in [3.05, 3.63) is 45.6 Å². The minimum atomic E-state index is -3.54. The van der Waals surface area contributed by atoms with E-state index in [1.54, 1.807) is 28.6 Å². The summed E-state index contributed by atoms with van der Waals surface area (Å²) in [6, 6.07) is 6.40. The number of rotatable bonds is 5. The average Bonchev–Trinajstić information content (AvgIpc) is 3.22. The fourth-order valence-corrected chi connectivity index (χ4v) is 7.49. The molecule has 6 nitrogen and oxygen atoms in total. The summed E-state index contributed by atoms with van der Waals surface area (Å²) >= 11 is 7.77. The fourth-order valence-electron chi connectivity index (χ4n) is 4.68. The summed E-state index contributed by atoms with van der Waals surface area (Å²) in [7, 11) is -3.54. The van der Waals surface area contributed by atoms with Gasteiger partial charge in [0.1, 0.15) is 16.5 Å². The summed E-state index contributed by atoms with van der Waals surface area (Å²) in [5.74, 6) is 2.19. The van der Waals surface area contributed by atoms with Gasteiger partial charge in [-0.05, 0) is 61.9 Å². The van der Waals surface area contributed by atoms with Crippen LogP contribution in [0.4, 0.5) is 5.82 Å². The summed E-state index contributed by atoms with van der Waals surface area (Å²) < 4.78 is 27.8. The normalized spacial score (nSPS) is 18.5. The molecule has 1 fully saturated rings. The highest BCUT2D eigenvalue weighted by Gasteiger charge is 2.31. The van der Waals surface area contributed by atoms with Gasteiger partial charge in [-0.15, -0.1) is 11.3 Å². The SMILES string of the molecule is CCC(C)c1nc(N2CCN(S(=O)(=O)c3ccc(Cl)cc3)CC2)c2c3c(sc2n1)CCCC3. The Morgan fingerprint density at radius 1 is 1.06 bits per heavy atom. The Labute approximate surface area is 204 Å². The van der Waals surface area contributed by atoms with Gasteiger partial charge in [-0.25, -0.2) is 18.4 Å². The van der Waals surface area contributed by atoms with E-state index in [2.05, 4.69) is 18.7 Å². The zero-order valence-corrected chi connectivity index (χ0v) is 21.4. The number of sulfonamides is 1. The lowest BCUT2D eigenvalue weighted by atomic mass is 9.96. The van der Waals surface area contributed by atoms with Crippen LogP contribution in [0.1, 0.15) is 55.3 Å². The minimum Gasteiger partial charge on any atom is -0.353 e. The van der Waals surface area contributed by atoms with Crippen molar-refractivity contribution < 1.29 is 8.42 Å². The number of nitrogens with zero attached hydrogens (tertiary/aromatic N) is 4. The lowest BCUT2D eigenvalue weighted by Gasteiger charge is -2.35. The van der Waals surface area contributed by atoms with E-state index in [4.69, 9.17) is 21.6 Å². The molecule has 1 aliphatic heterocycles. The van der Waals surface area contributed by atoms with Crippen molar-refractivity contribution in [2.75, 3.05) is 31.1 Å². The number of anilines is 1. The van der Waals surface area contributed by atoms with E-state index < -0.39 is 10.0 Å². The number of halogens is 1. The van der Waals surface area contributed by atoms with Gasteiger partial charge in [0.2, 0.25) is 10.0 Å². The Morgan fingerprint density at radius 3 is 2.45 bits per heavy atom. The molecule has 0 N–H and O–H groups in total. The highest BCUT2D eigenvalue weighted by Crippen LogP contribution is 2.41. The van der Waals surface area contributed by atoms with Crippen LogP contribution in [0, 0.1) is 0 Å². The highest BCUT2D eigenvalue weighted by molar-refractivity contribution is 7.89. The van der Waals surface area contributed by atoms with Crippen LogP contribution < -0.4 is 4.90 Å². The molecule has 1 aromatic carbocycles. The first-order valence-electron chi connectivity index (χ1n) is 11.7. The number of benzene rings is 1. The molecule has 2 aromatic heterocycles. The molecule has 0 saturated carbocycles. The first-order valence-corrected chi connectivity index (χ1v) is 14.3. The molecule has 3 aromatic rings. The Kier molecular flexibility index (Phi) is 6.37. The van der Waals surface area contributed by atoms with E-state index >= 15 is 0 Å². The van der Waals surface area contributed by atoms with Gasteiger partial charge in [-0.2, -0.15) is 4.31 Å². The number of aromatic nitrogens is 2. The molecule has 176 valence electrons. The number of fused-ring (bicyclic) bond motifs is 3. The topological polar surface area (TPSA) is 66.4 Å². The van der Waals surface area contributed by atoms with Crippen molar-refractivity contribution in [1.82, 2.24) is 14.3 Å². The maximum Gasteiger partial charge on any atom is 0.243 e. The van der Waals surface area contributed by atoms with Gasteiger partial charge in [-0.3, -0.25) is 0 Å². The summed E-state index contributed by atoms with van der Waals surface area (Å²) in [6.45, 7) is 6.43. The van der Waals surface area contributed by atoms with Crippen molar-refractivity contribution in [3.63, 3.8) is 0 Å². The average molecular weight is 505 g/mol. The Bertz CT molecular complexity index is 1270. The van der Waals surface area contributed by atoms with Crippen LogP contribution in [0.2, 0.25) is 5.02 Å². The molecule has 1 unspecified atom stereocenters. The predicted octanol–water partition coefficient (Wildman–Crippen LogP) is 5.25. The summed E-state index contributed by atoms with van der Waals surface area (Å²) in [5, 5.41) is 1.73. The Hall–Kier alpha value is -1.74. The zero-order chi connectivity index (χ0) is 23.2. The second-order valence-corrected chi connectivity index (χ2v) is 12.4. The van der Waals surface area contributed by atoms with Crippen LogP contribution >= 0.6 is 22.9 Å². The second-order valence-electron chi connectivity index (χ2n) is 8.95. The van der Waals surface area contributed by atoms with Crippen LogP contribution in [0.3, 0.4) is 0 Å². The summed E-state index contributed by atoms with van der Waals surface area (Å²) in [5.41, 5.74) is 1.42. The molecule has 0 bridgehead atoms. The van der Waals surface area contributed by atoms with Gasteiger partial charge >= 0.3 is 0 Å². The number of hydrogen-bond acceptors (Lipinski definition) is 6. The zero-order valence-electron chi connectivity index (χ0n) is 19.1. The maximum absolute atomic E-state index is 13.1. The van der Waals surface area contributed by atoms with Crippen molar-refractivity contribution >= 4 is 49.0 Å². The van der Waals surface area contributed by atoms with E-state index in [1.165, 1.54) is 28.7 Å². The first kappa shape index (κ1) is 23.0. The largest absolute Gasteiger partial charge is 0.353 e. The standard InChI is InChI=1S/C24H29ClN4O2S2/c1-3-16(2)22-26-23(21-19-6-4-5-7-20(19)32-24(21)27-22)28-12-14-29(15-13-28)33(30,31)18-10-8-17(25)9-11-18/h8-11,16H,3-7,12-15H2,1-2H3. The molecule has 1 aliphatic carbocycles. The Balaban J connectivity index is 1.46. The molecule has 33 heavy (non-hydrogen) atoms. The van der Waals surface area contributed by atoms with E-state index in [0.717, 1.165) is 35.7 Å². The number of aryl methyl sites for hydroxylation is 2. The lowest BCUT2D eigenvalue weighted by molar-refractivity contribution is 0.384. The van der Waals surface area contributed by atoms with Gasteiger partial charge < -0.3 is 4.90 Å². The number of piperazine rings is 1. The first-order chi connectivity index (χ1) is 15.9. The monoisotopic (exact) mass is 504 g/mol. The van der Waals surface area contributed by atoms with Gasteiger partial charge in [0, 0.05) is 42.0 Å². The van der Waals surface area contributed by atoms with E-state index in [1.807, 2.05) is 11.3 Å². The maximum atomic E-state index is 13.1. The molecule has 3 heterocycles. The van der Waals surface area contributed by atoms with Crippen molar-refractivity contribution in [2.24, 2.45) is 0 Å². The molecule has 0 spiro atoms. The molecule has 0 amide bonds. The van der Waals surface area contributed by atoms with Crippen LogP contribution in [0.5, 0.6) is 0 Å². The van der Waals surface area contributed by atoms with E-state index in [0.29, 0.717) is 37.1 Å². The third-order valence-electron chi connectivity index (χ3n) is 6.86. The van der Waals surface area contributed by atoms with Crippen molar-refractivity contribution in [2.45, 2.75) is 56.8 Å². The van der Waals surface area contributed by atoms with Crippen LogP contribution in [-0.4, -0.2) is 48.9 Å². The van der Waals surface area contributed by atoms with Crippen LogP contribution in [0.15, 0.2) is 29.2 Å². The quantitative estimate of drug-likeness (QED) is 0.475. The summed E-state index contributed by atoms with van der Waals surface area (Å²) in [6.07, 6.45) is 5.64. The molecular formula is C24H29ClN4O2S2. The van der Waals surface area contributed by atoms with Gasteiger partial charge in [0.25, 0.3) is 0 Å². The van der Waals surface area contributed by atoms with Gasteiger partial charge in [0.15, 0.2) is 0 Å².